The molecule has 108 valence electrons. The molecule has 1 aromatic heterocycles. The molecule has 1 N–H and O–H groups in total. The Balaban J connectivity index is 2.69. The molecule has 0 spiro atoms. The number of benzene rings is 1. The topological polar surface area (TPSA) is 85.7 Å². The van der Waals surface area contributed by atoms with E-state index in [-0.39, 0.29) is 17.0 Å². The van der Waals surface area contributed by atoms with E-state index in [9.17, 15) is 14.7 Å². The Bertz CT molecular complexity index is 682. The highest BCUT2D eigenvalue weighted by Crippen LogP contribution is 2.28. The molecule has 0 bridgehead atoms. The summed E-state index contributed by atoms with van der Waals surface area (Å²) in [5.74, 6) is -1.89. The highest BCUT2D eigenvalue weighted by molar-refractivity contribution is 5.99. The summed E-state index contributed by atoms with van der Waals surface area (Å²) in [4.78, 5) is 27.5. The monoisotopic (exact) mass is 287 g/mol. The minimum Gasteiger partial charge on any atom is -0.505 e. The minimum absolute atomic E-state index is 0.0638. The van der Waals surface area contributed by atoms with Crippen LogP contribution in [0.25, 0.3) is 11.3 Å². The predicted octanol–water partition coefficient (Wildman–Crippen LogP) is 2.03. The molecular weight excluding hydrogens is 274 g/mol. The van der Waals surface area contributed by atoms with Crippen LogP contribution in [0.2, 0.25) is 0 Å². The zero-order valence-electron chi connectivity index (χ0n) is 11.5. The van der Waals surface area contributed by atoms with E-state index in [4.69, 9.17) is 0 Å². The van der Waals surface area contributed by atoms with Crippen LogP contribution in [0.5, 0.6) is 5.75 Å². The van der Waals surface area contributed by atoms with Crippen LogP contribution in [-0.4, -0.2) is 36.2 Å². The Morgan fingerprint density at radius 1 is 1.05 bits per heavy atom. The van der Waals surface area contributed by atoms with Gasteiger partial charge in [0.15, 0.2) is 5.69 Å². The van der Waals surface area contributed by atoms with E-state index < -0.39 is 17.7 Å². The molecule has 0 saturated heterocycles. The van der Waals surface area contributed by atoms with E-state index in [0.29, 0.717) is 5.56 Å². The number of nitrogens with zero attached hydrogens (tertiary/aromatic N) is 1. The number of esters is 2. The van der Waals surface area contributed by atoms with E-state index in [1.807, 2.05) is 6.07 Å². The molecule has 1 heterocycles. The second-order valence-corrected chi connectivity index (χ2v) is 4.10. The van der Waals surface area contributed by atoms with E-state index in [1.165, 1.54) is 14.2 Å². The molecule has 2 rings (SSSR count). The largest absolute Gasteiger partial charge is 0.505 e. The van der Waals surface area contributed by atoms with E-state index >= 15 is 0 Å². The molecule has 6 nitrogen and oxygen atoms in total. The molecule has 21 heavy (non-hydrogen) atoms. The van der Waals surface area contributed by atoms with Gasteiger partial charge in [0, 0.05) is 5.56 Å². The second kappa shape index (κ2) is 6.04. The van der Waals surface area contributed by atoms with Gasteiger partial charge in [0.25, 0.3) is 0 Å². The molecule has 0 aliphatic carbocycles. The van der Waals surface area contributed by atoms with Gasteiger partial charge in [0.1, 0.15) is 5.75 Å². The van der Waals surface area contributed by atoms with Gasteiger partial charge in [-0.2, -0.15) is 0 Å². The third kappa shape index (κ3) is 2.84. The molecule has 2 aromatic rings. The first-order valence-corrected chi connectivity index (χ1v) is 6.04. The van der Waals surface area contributed by atoms with Gasteiger partial charge >= 0.3 is 11.9 Å². The molecule has 0 aliphatic rings. The second-order valence-electron chi connectivity index (χ2n) is 4.10. The highest BCUT2D eigenvalue weighted by atomic mass is 16.5. The predicted molar refractivity (Wildman–Crippen MR) is 74.0 cm³/mol. The molecule has 1 aromatic carbocycles. The van der Waals surface area contributed by atoms with Gasteiger partial charge in [-0.25, -0.2) is 14.6 Å². The van der Waals surface area contributed by atoms with E-state index in [1.54, 1.807) is 24.3 Å². The lowest BCUT2D eigenvalue weighted by molar-refractivity contribution is 0.0578. The fourth-order valence-electron chi connectivity index (χ4n) is 1.83. The number of aromatic nitrogens is 1. The summed E-state index contributed by atoms with van der Waals surface area (Å²) in [6.45, 7) is 0. The van der Waals surface area contributed by atoms with Crippen molar-refractivity contribution in [3.8, 4) is 17.0 Å². The molecule has 0 saturated carbocycles. The minimum atomic E-state index is -0.791. The van der Waals surface area contributed by atoms with E-state index in [2.05, 4.69) is 14.5 Å². The van der Waals surface area contributed by atoms with E-state index in [0.717, 1.165) is 6.07 Å². The van der Waals surface area contributed by atoms with Gasteiger partial charge in [-0.1, -0.05) is 30.3 Å². The van der Waals surface area contributed by atoms with Crippen LogP contribution in [0.4, 0.5) is 0 Å². The summed E-state index contributed by atoms with van der Waals surface area (Å²) < 4.78 is 9.23. The van der Waals surface area contributed by atoms with Gasteiger partial charge in [-0.15, -0.1) is 0 Å². The number of methoxy groups -OCH3 is 2. The van der Waals surface area contributed by atoms with Gasteiger partial charge in [-0.3, -0.25) is 0 Å². The van der Waals surface area contributed by atoms with Crippen LogP contribution in [0.1, 0.15) is 20.8 Å². The summed E-state index contributed by atoms with van der Waals surface area (Å²) in [6.07, 6.45) is 0. The lowest BCUT2D eigenvalue weighted by Gasteiger charge is -2.10. The maximum absolute atomic E-state index is 11.8. The summed E-state index contributed by atoms with van der Waals surface area (Å²) in [5, 5.41) is 9.84. The van der Waals surface area contributed by atoms with Crippen molar-refractivity contribution in [2.45, 2.75) is 0 Å². The maximum Gasteiger partial charge on any atom is 0.360 e. The van der Waals surface area contributed by atoms with Crippen molar-refractivity contribution in [2.24, 2.45) is 0 Å². The van der Waals surface area contributed by atoms with Crippen molar-refractivity contribution in [2.75, 3.05) is 14.2 Å². The number of carbonyl (C=O) groups excluding carboxylic acids is 2. The Morgan fingerprint density at radius 2 is 1.67 bits per heavy atom. The van der Waals surface area contributed by atoms with Crippen molar-refractivity contribution in [3.63, 3.8) is 0 Å². The number of rotatable bonds is 3. The third-order valence-electron chi connectivity index (χ3n) is 2.83. The third-order valence-corrected chi connectivity index (χ3v) is 2.83. The van der Waals surface area contributed by atoms with Crippen molar-refractivity contribution in [3.05, 3.63) is 47.7 Å². The smallest absolute Gasteiger partial charge is 0.360 e. The van der Waals surface area contributed by atoms with Crippen LogP contribution in [0.15, 0.2) is 36.4 Å². The SMILES string of the molecule is COC(=O)c1cc(O)c(C(=O)OC)nc1-c1ccccc1. The summed E-state index contributed by atoms with van der Waals surface area (Å²) in [5.41, 5.74) is 0.654. The zero-order chi connectivity index (χ0) is 15.4. The molecule has 0 atom stereocenters. The number of hydrogen-bond acceptors (Lipinski definition) is 6. The first-order valence-electron chi connectivity index (χ1n) is 6.04. The Labute approximate surface area is 121 Å². The van der Waals surface area contributed by atoms with Crippen LogP contribution < -0.4 is 0 Å². The molecule has 6 heteroatoms. The van der Waals surface area contributed by atoms with Crippen LogP contribution >= 0.6 is 0 Å². The molecule has 0 unspecified atom stereocenters. The van der Waals surface area contributed by atoms with Crippen molar-refractivity contribution >= 4 is 11.9 Å². The van der Waals surface area contributed by atoms with Gasteiger partial charge in [0.2, 0.25) is 0 Å². The van der Waals surface area contributed by atoms with Crippen molar-refractivity contribution in [1.29, 1.82) is 0 Å². The van der Waals surface area contributed by atoms with Gasteiger partial charge < -0.3 is 14.6 Å². The Hall–Kier alpha value is -2.89. The number of hydrogen-bond donors (Lipinski definition) is 1. The number of ether oxygens (including phenoxy) is 2. The van der Waals surface area contributed by atoms with Crippen molar-refractivity contribution < 1.29 is 24.2 Å². The number of carbonyl (C=O) groups is 2. The Morgan fingerprint density at radius 3 is 2.24 bits per heavy atom. The lowest BCUT2D eigenvalue weighted by atomic mass is 10.0. The van der Waals surface area contributed by atoms with Crippen LogP contribution in [0.3, 0.4) is 0 Å². The Kier molecular flexibility index (Phi) is 4.18. The zero-order valence-corrected chi connectivity index (χ0v) is 11.5. The fraction of sp³-hybridized carbons (Fsp3) is 0.133. The van der Waals surface area contributed by atoms with Gasteiger partial charge in [-0.05, 0) is 6.07 Å². The standard InChI is InChI=1S/C15H13NO5/c1-20-14(18)10-8-11(17)13(15(19)21-2)16-12(10)9-6-4-3-5-7-9/h3-8,17H,1-2H3. The average molecular weight is 287 g/mol. The number of aromatic hydroxyl groups is 1. The quantitative estimate of drug-likeness (QED) is 0.869. The molecular formula is C15H13NO5. The molecule has 0 fully saturated rings. The van der Waals surface area contributed by atoms with Gasteiger partial charge in [0.05, 0.1) is 25.5 Å². The highest BCUT2D eigenvalue weighted by Gasteiger charge is 2.22. The summed E-state index contributed by atoms with van der Waals surface area (Å²) in [7, 11) is 2.40. The number of pyridine rings is 1. The lowest BCUT2D eigenvalue weighted by Crippen LogP contribution is -2.11. The van der Waals surface area contributed by atoms with Crippen molar-refractivity contribution in [1.82, 2.24) is 4.98 Å². The molecule has 0 radical (unpaired) electrons. The average Bonchev–Trinajstić information content (AvgIpc) is 2.53. The normalized spacial score (nSPS) is 10.0. The van der Waals surface area contributed by atoms with Crippen LogP contribution in [-0.2, 0) is 9.47 Å². The first-order chi connectivity index (χ1) is 10.1. The molecule has 0 amide bonds. The summed E-state index contributed by atoms with van der Waals surface area (Å²) >= 11 is 0. The first kappa shape index (κ1) is 14.5. The maximum atomic E-state index is 11.8. The van der Waals surface area contributed by atoms with Crippen LogP contribution in [0, 0.1) is 0 Å². The fourth-order valence-corrected chi connectivity index (χ4v) is 1.83. The summed E-state index contributed by atoms with van der Waals surface area (Å²) in [6, 6.07) is 9.95. The molecule has 0 aliphatic heterocycles.